The third-order valence-corrected chi connectivity index (χ3v) is 2.38. The molecular formula is C11H24ClN. The fraction of sp³-hybridized carbons (Fsp3) is 0.818. The first kappa shape index (κ1) is 15.5. The van der Waals surface area contributed by atoms with Gasteiger partial charge >= 0.3 is 0 Å². The van der Waals surface area contributed by atoms with Crippen LogP contribution in [0.2, 0.25) is 0 Å². The molecule has 0 rings (SSSR count). The van der Waals surface area contributed by atoms with Crippen molar-refractivity contribution in [1.82, 2.24) is 0 Å². The summed E-state index contributed by atoms with van der Waals surface area (Å²) in [5.74, 6) is 0. The Balaban J connectivity index is 0. The maximum absolute atomic E-state index is 3.82. The molecule has 0 aliphatic rings. The van der Waals surface area contributed by atoms with Gasteiger partial charge in [-0.05, 0) is 18.9 Å². The van der Waals surface area contributed by atoms with Crippen molar-refractivity contribution in [2.24, 2.45) is 0 Å². The number of hydrogen-bond acceptors (Lipinski definition) is 0. The number of likely N-dealkylation sites (N-methyl/N-ethyl adjacent to an activating group) is 1. The topological polar surface area (TPSA) is 0 Å². The summed E-state index contributed by atoms with van der Waals surface area (Å²) in [6.45, 7) is 12.0. The molecule has 80 valence electrons. The number of hydrogen-bond donors (Lipinski definition) is 0. The van der Waals surface area contributed by atoms with Crippen molar-refractivity contribution in [1.29, 1.82) is 0 Å². The smallest absolute Gasteiger partial charge is 0.0969 e. The quantitative estimate of drug-likeness (QED) is 0.400. The molecule has 0 saturated carbocycles. The highest BCUT2D eigenvalue weighted by molar-refractivity contribution is 4.65. The summed E-state index contributed by atoms with van der Waals surface area (Å²) in [5, 5.41) is 0. The van der Waals surface area contributed by atoms with Crippen LogP contribution in [0.3, 0.4) is 0 Å². The van der Waals surface area contributed by atoms with Crippen LogP contribution in [0.25, 0.3) is 0 Å². The molecule has 0 bridgehead atoms. The number of rotatable bonds is 7. The third kappa shape index (κ3) is 7.09. The first-order valence-electron chi connectivity index (χ1n) is 5.13. The van der Waals surface area contributed by atoms with Crippen molar-refractivity contribution in [3.63, 3.8) is 0 Å². The van der Waals surface area contributed by atoms with Crippen LogP contribution >= 0.6 is 0 Å². The maximum atomic E-state index is 3.82. The molecule has 0 spiro atoms. The molecule has 0 aromatic rings. The molecule has 1 atom stereocenters. The van der Waals surface area contributed by atoms with Crippen LogP contribution in [-0.2, 0) is 0 Å². The monoisotopic (exact) mass is 205 g/mol. The summed E-state index contributed by atoms with van der Waals surface area (Å²) in [5.41, 5.74) is 0. The van der Waals surface area contributed by atoms with E-state index in [4.69, 9.17) is 0 Å². The first-order chi connectivity index (χ1) is 5.68. The second kappa shape index (κ2) is 8.58. The number of nitrogens with zero attached hydrogens (tertiary/aromatic N) is 1. The summed E-state index contributed by atoms with van der Waals surface area (Å²) in [4.78, 5) is 0. The lowest BCUT2D eigenvalue weighted by molar-refractivity contribution is -0.904. The van der Waals surface area contributed by atoms with Gasteiger partial charge in [-0.2, -0.15) is 0 Å². The zero-order valence-electron chi connectivity index (χ0n) is 9.35. The van der Waals surface area contributed by atoms with E-state index in [2.05, 4.69) is 27.5 Å². The van der Waals surface area contributed by atoms with Gasteiger partial charge in [0, 0.05) is 0 Å². The van der Waals surface area contributed by atoms with Crippen molar-refractivity contribution >= 4 is 0 Å². The van der Waals surface area contributed by atoms with Crippen molar-refractivity contribution < 1.29 is 16.9 Å². The minimum Gasteiger partial charge on any atom is -1.00 e. The Morgan fingerprint density at radius 1 is 1.15 bits per heavy atom. The van der Waals surface area contributed by atoms with E-state index in [-0.39, 0.29) is 12.4 Å². The zero-order chi connectivity index (χ0) is 9.45. The SMILES string of the molecule is C=CC[N+](C)(CCC)CCCC.[Cl-]. The fourth-order valence-electron chi connectivity index (χ4n) is 1.69. The van der Waals surface area contributed by atoms with E-state index in [1.165, 1.54) is 36.8 Å². The highest BCUT2D eigenvalue weighted by Gasteiger charge is 2.16. The van der Waals surface area contributed by atoms with Gasteiger partial charge in [0.25, 0.3) is 0 Å². The standard InChI is InChI=1S/C11H24N.ClH/c1-5-8-11-12(4,9-6-2)10-7-3;/h6H,2,5,7-11H2,1,3-4H3;1H/q+1;/p-1. The molecule has 1 nitrogen and oxygen atoms in total. The van der Waals surface area contributed by atoms with E-state index in [0.717, 1.165) is 6.54 Å². The summed E-state index contributed by atoms with van der Waals surface area (Å²) in [7, 11) is 2.33. The van der Waals surface area contributed by atoms with Gasteiger partial charge < -0.3 is 16.9 Å². The molecule has 0 saturated heterocycles. The largest absolute Gasteiger partial charge is 1.00 e. The van der Waals surface area contributed by atoms with Crippen LogP contribution in [0.5, 0.6) is 0 Å². The van der Waals surface area contributed by atoms with Gasteiger partial charge in [-0.1, -0.05) is 26.8 Å². The van der Waals surface area contributed by atoms with Crippen LogP contribution in [-0.4, -0.2) is 31.2 Å². The molecular weight excluding hydrogens is 182 g/mol. The van der Waals surface area contributed by atoms with E-state index in [1.54, 1.807) is 0 Å². The predicted molar refractivity (Wildman–Crippen MR) is 56.2 cm³/mol. The Bertz CT molecular complexity index is 125. The van der Waals surface area contributed by atoms with Crippen molar-refractivity contribution in [2.45, 2.75) is 33.1 Å². The third-order valence-electron chi connectivity index (χ3n) is 2.38. The molecule has 1 unspecified atom stereocenters. The zero-order valence-corrected chi connectivity index (χ0v) is 10.1. The lowest BCUT2D eigenvalue weighted by atomic mass is 10.2. The number of halogens is 1. The van der Waals surface area contributed by atoms with E-state index >= 15 is 0 Å². The second-order valence-electron chi connectivity index (χ2n) is 3.89. The van der Waals surface area contributed by atoms with Crippen LogP contribution in [0.4, 0.5) is 0 Å². The molecule has 0 aliphatic heterocycles. The van der Waals surface area contributed by atoms with Gasteiger partial charge in [0.2, 0.25) is 0 Å². The van der Waals surface area contributed by atoms with Gasteiger partial charge in [-0.3, -0.25) is 0 Å². The minimum atomic E-state index is 0. The molecule has 0 aromatic heterocycles. The Morgan fingerprint density at radius 3 is 2.15 bits per heavy atom. The fourth-order valence-corrected chi connectivity index (χ4v) is 1.69. The van der Waals surface area contributed by atoms with Gasteiger partial charge in [0.15, 0.2) is 0 Å². The molecule has 0 radical (unpaired) electrons. The predicted octanol–water partition coefficient (Wildman–Crippen LogP) is -0.167. The van der Waals surface area contributed by atoms with Crippen LogP contribution < -0.4 is 12.4 Å². The second-order valence-corrected chi connectivity index (χ2v) is 3.89. The Hall–Kier alpha value is -0.0100. The van der Waals surface area contributed by atoms with E-state index < -0.39 is 0 Å². The first-order valence-corrected chi connectivity index (χ1v) is 5.13. The summed E-state index contributed by atoms with van der Waals surface area (Å²) < 4.78 is 1.17. The van der Waals surface area contributed by atoms with Gasteiger partial charge in [0.05, 0.1) is 26.7 Å². The average Bonchev–Trinajstić information content (AvgIpc) is 2.02. The normalized spacial score (nSPS) is 14.4. The molecule has 13 heavy (non-hydrogen) atoms. The van der Waals surface area contributed by atoms with Gasteiger partial charge in [0.1, 0.15) is 0 Å². The van der Waals surface area contributed by atoms with Gasteiger partial charge in [-0.15, -0.1) is 0 Å². The molecule has 2 heteroatoms. The van der Waals surface area contributed by atoms with Crippen molar-refractivity contribution in [2.75, 3.05) is 26.7 Å². The van der Waals surface area contributed by atoms with E-state index in [0.29, 0.717) is 0 Å². The van der Waals surface area contributed by atoms with Crippen molar-refractivity contribution in [3.05, 3.63) is 12.7 Å². The highest BCUT2D eigenvalue weighted by atomic mass is 35.5. The minimum absolute atomic E-state index is 0. The Kier molecular flexibility index (Phi) is 10.2. The summed E-state index contributed by atoms with van der Waals surface area (Å²) in [6, 6.07) is 0. The average molecular weight is 206 g/mol. The maximum Gasteiger partial charge on any atom is 0.0969 e. The summed E-state index contributed by atoms with van der Waals surface area (Å²) in [6.07, 6.45) is 5.96. The van der Waals surface area contributed by atoms with E-state index in [1.807, 2.05) is 6.08 Å². The molecule has 0 aliphatic carbocycles. The molecule has 0 fully saturated rings. The van der Waals surface area contributed by atoms with Crippen LogP contribution in [0.1, 0.15) is 33.1 Å². The lowest BCUT2D eigenvalue weighted by Gasteiger charge is -2.33. The number of unbranched alkanes of at least 4 members (excludes halogenated alkanes) is 1. The van der Waals surface area contributed by atoms with Crippen LogP contribution in [0, 0.1) is 0 Å². The lowest BCUT2D eigenvalue weighted by Crippen LogP contribution is -3.00. The summed E-state index contributed by atoms with van der Waals surface area (Å²) >= 11 is 0. The molecule has 0 aromatic carbocycles. The number of quaternary nitrogens is 1. The van der Waals surface area contributed by atoms with Gasteiger partial charge in [-0.25, -0.2) is 0 Å². The highest BCUT2D eigenvalue weighted by Crippen LogP contribution is 2.06. The van der Waals surface area contributed by atoms with Crippen LogP contribution in [0.15, 0.2) is 12.7 Å². The Morgan fingerprint density at radius 2 is 1.77 bits per heavy atom. The molecule has 0 N–H and O–H groups in total. The molecule has 0 heterocycles. The Labute approximate surface area is 89.8 Å². The molecule has 0 amide bonds. The van der Waals surface area contributed by atoms with E-state index in [9.17, 15) is 0 Å². The van der Waals surface area contributed by atoms with Crippen molar-refractivity contribution in [3.8, 4) is 0 Å².